The van der Waals surface area contributed by atoms with Crippen molar-refractivity contribution in [2.24, 2.45) is 0 Å². The molecule has 0 aliphatic heterocycles. The van der Waals surface area contributed by atoms with Crippen LogP contribution in [-0.2, 0) is 15.5 Å². The average Bonchev–Trinajstić information content (AvgIpc) is 2.45. The summed E-state index contributed by atoms with van der Waals surface area (Å²) < 4.78 is 25.9. The predicted octanol–water partition coefficient (Wildman–Crippen LogP) is 5.95. The summed E-state index contributed by atoms with van der Waals surface area (Å²) in [5, 5.41) is 0. The lowest BCUT2D eigenvalue weighted by Gasteiger charge is -2.21. The highest BCUT2D eigenvalue weighted by molar-refractivity contribution is 7.85. The molecule has 1 rings (SSSR count). The van der Waals surface area contributed by atoms with E-state index in [0.29, 0.717) is 6.26 Å². The Bertz CT molecular complexity index is 523. The standard InChI is InChI=1S/C19H32.CH4O3S/c1-6-8-10-16(11-9-7-2)17-12-14-18(15-13-17)19(3,4)5;1-5(2,3)4/h12-16H,6-11H2,1-5H3;1H3,(H,2,3,4). The Balaban J connectivity index is 0.000000922. The molecule has 3 nitrogen and oxygen atoms in total. The Morgan fingerprint density at radius 2 is 1.33 bits per heavy atom. The van der Waals surface area contributed by atoms with Crippen molar-refractivity contribution in [2.75, 3.05) is 6.26 Å². The van der Waals surface area contributed by atoms with Gasteiger partial charge in [-0.25, -0.2) is 0 Å². The molecular weight excluding hydrogens is 320 g/mol. The first-order chi connectivity index (χ1) is 11.0. The molecule has 140 valence electrons. The highest BCUT2D eigenvalue weighted by atomic mass is 32.2. The second-order valence-electron chi connectivity index (χ2n) is 7.59. The van der Waals surface area contributed by atoms with Crippen molar-refractivity contribution >= 4 is 10.1 Å². The second kappa shape index (κ2) is 10.9. The summed E-state index contributed by atoms with van der Waals surface area (Å²) in [6.07, 6.45) is 8.75. The fourth-order valence-electron chi connectivity index (χ4n) is 2.63. The van der Waals surface area contributed by atoms with Gasteiger partial charge in [-0.2, -0.15) is 8.42 Å². The Morgan fingerprint density at radius 1 is 0.958 bits per heavy atom. The van der Waals surface area contributed by atoms with E-state index in [0.717, 1.165) is 5.92 Å². The maximum absolute atomic E-state index is 9.19. The molecule has 0 aliphatic rings. The smallest absolute Gasteiger partial charge is 0.261 e. The SMILES string of the molecule is CCCCC(CCCC)c1ccc(C(C)(C)C)cc1.CS(=O)(=O)O. The molecule has 0 saturated carbocycles. The zero-order valence-corrected chi connectivity index (χ0v) is 17.1. The van der Waals surface area contributed by atoms with Gasteiger partial charge in [0.1, 0.15) is 0 Å². The van der Waals surface area contributed by atoms with Gasteiger partial charge in [0, 0.05) is 0 Å². The third kappa shape index (κ3) is 11.6. The first-order valence-electron chi connectivity index (χ1n) is 9.01. The van der Waals surface area contributed by atoms with E-state index in [9.17, 15) is 8.42 Å². The lowest BCUT2D eigenvalue weighted by molar-refractivity contribution is 0.490. The van der Waals surface area contributed by atoms with Crippen LogP contribution in [0.2, 0.25) is 0 Å². The number of benzene rings is 1. The predicted molar refractivity (Wildman–Crippen MR) is 104 cm³/mol. The molecule has 0 heterocycles. The molecule has 1 aromatic rings. The van der Waals surface area contributed by atoms with Gasteiger partial charge in [-0.3, -0.25) is 4.55 Å². The normalized spacial score (nSPS) is 12.0. The average molecular weight is 357 g/mol. The maximum Gasteiger partial charge on any atom is 0.261 e. The lowest BCUT2D eigenvalue weighted by Crippen LogP contribution is -2.11. The van der Waals surface area contributed by atoms with Crippen LogP contribution in [0.25, 0.3) is 0 Å². The van der Waals surface area contributed by atoms with Gasteiger partial charge in [0.15, 0.2) is 0 Å². The summed E-state index contributed by atoms with van der Waals surface area (Å²) in [4.78, 5) is 0. The number of hydrogen-bond acceptors (Lipinski definition) is 2. The van der Waals surface area contributed by atoms with Gasteiger partial charge < -0.3 is 0 Å². The molecule has 0 spiro atoms. The summed E-state index contributed by atoms with van der Waals surface area (Å²) >= 11 is 0. The van der Waals surface area contributed by atoms with E-state index in [-0.39, 0.29) is 5.41 Å². The molecule has 0 aromatic heterocycles. The maximum atomic E-state index is 9.19. The van der Waals surface area contributed by atoms with Crippen LogP contribution in [0.5, 0.6) is 0 Å². The van der Waals surface area contributed by atoms with Gasteiger partial charge in [0.25, 0.3) is 10.1 Å². The fourth-order valence-corrected chi connectivity index (χ4v) is 2.63. The minimum Gasteiger partial charge on any atom is -0.286 e. The van der Waals surface area contributed by atoms with Crippen LogP contribution in [0.4, 0.5) is 0 Å². The zero-order chi connectivity index (χ0) is 18.8. The van der Waals surface area contributed by atoms with Crippen molar-refractivity contribution in [2.45, 2.75) is 84.5 Å². The Morgan fingerprint density at radius 3 is 1.62 bits per heavy atom. The number of rotatable bonds is 7. The van der Waals surface area contributed by atoms with Crippen molar-refractivity contribution in [1.29, 1.82) is 0 Å². The van der Waals surface area contributed by atoms with Crippen LogP contribution in [0.15, 0.2) is 24.3 Å². The Hall–Kier alpha value is -0.870. The molecule has 24 heavy (non-hydrogen) atoms. The molecule has 4 heteroatoms. The lowest BCUT2D eigenvalue weighted by atomic mass is 9.84. The number of unbranched alkanes of at least 4 members (excludes halogenated alkanes) is 2. The molecule has 0 fully saturated rings. The van der Waals surface area contributed by atoms with Gasteiger partial charge in [-0.1, -0.05) is 84.6 Å². The van der Waals surface area contributed by atoms with Gasteiger partial charge in [-0.15, -0.1) is 0 Å². The van der Waals surface area contributed by atoms with Crippen molar-refractivity contribution in [3.05, 3.63) is 35.4 Å². The zero-order valence-electron chi connectivity index (χ0n) is 16.3. The third-order valence-corrected chi connectivity index (χ3v) is 4.06. The minimum absolute atomic E-state index is 0.265. The molecule has 1 N–H and O–H groups in total. The van der Waals surface area contributed by atoms with E-state index in [4.69, 9.17) is 4.55 Å². The molecule has 0 radical (unpaired) electrons. The van der Waals surface area contributed by atoms with Crippen LogP contribution in [0, 0.1) is 0 Å². The van der Waals surface area contributed by atoms with E-state index in [1.54, 1.807) is 5.56 Å². The highest BCUT2D eigenvalue weighted by Gasteiger charge is 2.15. The first-order valence-corrected chi connectivity index (χ1v) is 10.9. The van der Waals surface area contributed by atoms with Crippen molar-refractivity contribution < 1.29 is 13.0 Å². The van der Waals surface area contributed by atoms with E-state index in [1.165, 1.54) is 44.1 Å². The minimum atomic E-state index is -3.67. The topological polar surface area (TPSA) is 54.4 Å². The van der Waals surface area contributed by atoms with E-state index < -0.39 is 10.1 Å². The van der Waals surface area contributed by atoms with Gasteiger partial charge in [0.05, 0.1) is 6.26 Å². The van der Waals surface area contributed by atoms with Crippen LogP contribution in [0.3, 0.4) is 0 Å². The summed E-state index contributed by atoms with van der Waals surface area (Å²) in [5.41, 5.74) is 3.26. The van der Waals surface area contributed by atoms with Crippen molar-refractivity contribution in [3.8, 4) is 0 Å². The van der Waals surface area contributed by atoms with Crippen LogP contribution < -0.4 is 0 Å². The Kier molecular flexibility index (Phi) is 10.5. The molecule has 0 aliphatic carbocycles. The van der Waals surface area contributed by atoms with Gasteiger partial charge in [0.2, 0.25) is 0 Å². The van der Waals surface area contributed by atoms with E-state index in [2.05, 4.69) is 58.9 Å². The summed E-state index contributed by atoms with van der Waals surface area (Å²) in [6, 6.07) is 9.41. The monoisotopic (exact) mass is 356 g/mol. The van der Waals surface area contributed by atoms with Crippen molar-refractivity contribution in [3.63, 3.8) is 0 Å². The summed E-state index contributed by atoms with van der Waals surface area (Å²) in [6.45, 7) is 11.4. The fraction of sp³-hybridized carbons (Fsp3) is 0.700. The molecule has 1 aromatic carbocycles. The van der Waals surface area contributed by atoms with E-state index >= 15 is 0 Å². The molecule has 0 saturated heterocycles. The summed E-state index contributed by atoms with van der Waals surface area (Å²) in [7, 11) is -3.67. The van der Waals surface area contributed by atoms with E-state index in [1.807, 2.05) is 0 Å². The third-order valence-electron chi connectivity index (χ3n) is 4.06. The van der Waals surface area contributed by atoms with Gasteiger partial charge in [-0.05, 0) is 35.3 Å². The highest BCUT2D eigenvalue weighted by Crippen LogP contribution is 2.30. The number of hydrogen-bond donors (Lipinski definition) is 1. The van der Waals surface area contributed by atoms with Gasteiger partial charge >= 0.3 is 0 Å². The summed E-state index contributed by atoms with van der Waals surface area (Å²) in [5.74, 6) is 0.772. The quantitative estimate of drug-likeness (QED) is 0.614. The van der Waals surface area contributed by atoms with Crippen LogP contribution in [0.1, 0.15) is 90.2 Å². The second-order valence-corrected chi connectivity index (χ2v) is 9.05. The Labute approximate surface area is 149 Å². The first kappa shape index (κ1) is 23.1. The van der Waals surface area contributed by atoms with Crippen LogP contribution >= 0.6 is 0 Å². The largest absolute Gasteiger partial charge is 0.286 e. The molecule has 0 bridgehead atoms. The molecular formula is C20H36O3S. The molecule has 0 amide bonds. The van der Waals surface area contributed by atoms with Crippen molar-refractivity contribution in [1.82, 2.24) is 0 Å². The van der Waals surface area contributed by atoms with Crippen LogP contribution in [-0.4, -0.2) is 19.2 Å². The molecule has 0 atom stereocenters. The molecule has 0 unspecified atom stereocenters.